The number of fused-ring (bicyclic) bond motifs is 3. The molecule has 11 heteroatoms. The monoisotopic (exact) mass is 398 g/mol. The molecule has 0 amide bonds. The lowest BCUT2D eigenvalue weighted by atomic mass is 9.94. The zero-order chi connectivity index (χ0) is 20.1. The largest absolute Gasteiger partial charge is 0.494 e. The number of ether oxygens (including phenoxy) is 1. The highest BCUT2D eigenvalue weighted by Crippen LogP contribution is 2.36. The summed E-state index contributed by atoms with van der Waals surface area (Å²) in [6.45, 7) is -1.40. The number of benzene rings is 1. The first-order valence-electron chi connectivity index (χ1n) is 8.64. The van der Waals surface area contributed by atoms with E-state index in [1.54, 1.807) is 18.2 Å². The lowest BCUT2D eigenvalue weighted by molar-refractivity contribution is -0.0825. The van der Waals surface area contributed by atoms with Gasteiger partial charge in [0.25, 0.3) is 12.3 Å². The van der Waals surface area contributed by atoms with Crippen LogP contribution in [-0.2, 0) is 0 Å². The van der Waals surface area contributed by atoms with Crippen LogP contribution in [0.15, 0.2) is 18.2 Å². The van der Waals surface area contributed by atoms with Gasteiger partial charge in [0, 0.05) is 24.3 Å². The number of nitrogens with two attached hydrogens (primary N) is 1. The summed E-state index contributed by atoms with van der Waals surface area (Å²) >= 11 is 0. The van der Waals surface area contributed by atoms with E-state index in [2.05, 4.69) is 15.1 Å². The first-order valence-corrected chi connectivity index (χ1v) is 8.64. The number of para-hydroxylation sites is 1. The molecule has 150 valence electrons. The van der Waals surface area contributed by atoms with Crippen molar-refractivity contribution in [1.82, 2.24) is 24.5 Å². The summed E-state index contributed by atoms with van der Waals surface area (Å²) in [4.78, 5) is 9.73. The van der Waals surface area contributed by atoms with Gasteiger partial charge in [-0.05, 0) is 12.1 Å². The normalized spacial score (nSPS) is 20.3. The average Bonchev–Trinajstić information content (AvgIpc) is 3.06. The molecule has 4 rings (SSSR count). The summed E-state index contributed by atoms with van der Waals surface area (Å²) in [6, 6.07) is 5.20. The number of alkyl halides is 4. The molecule has 1 aliphatic heterocycles. The maximum atomic E-state index is 14.1. The van der Waals surface area contributed by atoms with Gasteiger partial charge in [0.1, 0.15) is 11.3 Å². The van der Waals surface area contributed by atoms with Crippen molar-refractivity contribution in [1.29, 1.82) is 0 Å². The molecule has 1 aromatic carbocycles. The minimum atomic E-state index is -3.11. The summed E-state index contributed by atoms with van der Waals surface area (Å²) in [5.74, 6) is -3.27. The quantitative estimate of drug-likeness (QED) is 0.681. The van der Waals surface area contributed by atoms with Gasteiger partial charge in [-0.25, -0.2) is 27.5 Å². The zero-order valence-electron chi connectivity index (χ0n) is 14.9. The fraction of sp³-hybridized carbons (Fsp3) is 0.471. The van der Waals surface area contributed by atoms with E-state index >= 15 is 0 Å². The number of likely N-dealkylation sites (tertiary alicyclic amines) is 1. The van der Waals surface area contributed by atoms with E-state index in [-0.39, 0.29) is 18.3 Å². The van der Waals surface area contributed by atoms with Crippen molar-refractivity contribution in [3.8, 4) is 5.75 Å². The van der Waals surface area contributed by atoms with Crippen molar-refractivity contribution < 1.29 is 22.3 Å². The van der Waals surface area contributed by atoms with E-state index < -0.39 is 37.8 Å². The number of nitrogens with zero attached hydrogens (tertiary/aromatic N) is 5. The Morgan fingerprint density at radius 1 is 1.32 bits per heavy atom. The molecule has 0 radical (unpaired) electrons. The van der Waals surface area contributed by atoms with Gasteiger partial charge in [0.05, 0.1) is 20.2 Å². The molecule has 0 saturated carbocycles. The summed E-state index contributed by atoms with van der Waals surface area (Å²) in [5, 5.41) is 4.85. The molecule has 1 aliphatic rings. The van der Waals surface area contributed by atoms with E-state index in [1.165, 1.54) is 11.6 Å². The maximum Gasteiger partial charge on any atom is 0.261 e. The SMILES string of the molecule is COc1cccc2c1nc(N)n1nc([C@@H]3CN(CC(F)F)CC(F)(F)C3)nc21. The number of aromatic nitrogens is 4. The lowest BCUT2D eigenvalue weighted by Crippen LogP contribution is -2.47. The Balaban J connectivity index is 1.79. The van der Waals surface area contributed by atoms with Crippen LogP contribution < -0.4 is 10.5 Å². The van der Waals surface area contributed by atoms with Crippen molar-refractivity contribution in [3.05, 3.63) is 24.0 Å². The molecule has 7 nitrogen and oxygen atoms in total. The highest BCUT2D eigenvalue weighted by Gasteiger charge is 2.42. The number of nitrogen functional groups attached to an aromatic ring is 1. The number of hydrogen-bond acceptors (Lipinski definition) is 6. The molecule has 28 heavy (non-hydrogen) atoms. The number of piperidine rings is 1. The van der Waals surface area contributed by atoms with Crippen LogP contribution in [0.5, 0.6) is 5.75 Å². The Morgan fingerprint density at radius 2 is 2.11 bits per heavy atom. The fourth-order valence-corrected chi connectivity index (χ4v) is 3.68. The highest BCUT2D eigenvalue weighted by atomic mass is 19.3. The summed E-state index contributed by atoms with van der Waals surface area (Å²) in [7, 11) is 1.49. The number of rotatable bonds is 4. The van der Waals surface area contributed by atoms with E-state index in [0.717, 1.165) is 4.90 Å². The number of methoxy groups -OCH3 is 1. The third-order valence-electron chi connectivity index (χ3n) is 4.77. The van der Waals surface area contributed by atoms with Crippen LogP contribution in [0, 0.1) is 0 Å². The van der Waals surface area contributed by atoms with Gasteiger partial charge in [-0.15, -0.1) is 5.10 Å². The molecule has 3 aromatic rings. The molecule has 1 atom stereocenters. The Bertz CT molecular complexity index is 1020. The number of halogens is 4. The summed E-state index contributed by atoms with van der Waals surface area (Å²) in [5.41, 5.74) is 6.80. The maximum absolute atomic E-state index is 14.1. The molecule has 1 saturated heterocycles. The number of anilines is 1. The first kappa shape index (κ1) is 18.7. The van der Waals surface area contributed by atoms with Gasteiger partial charge >= 0.3 is 0 Å². The molecule has 1 fully saturated rings. The van der Waals surface area contributed by atoms with Crippen LogP contribution in [0.3, 0.4) is 0 Å². The van der Waals surface area contributed by atoms with Crippen LogP contribution in [0.2, 0.25) is 0 Å². The molecule has 0 bridgehead atoms. The van der Waals surface area contributed by atoms with E-state index in [0.29, 0.717) is 22.3 Å². The van der Waals surface area contributed by atoms with Crippen LogP contribution in [0.25, 0.3) is 16.6 Å². The lowest BCUT2D eigenvalue weighted by Gasteiger charge is -2.36. The molecule has 2 aromatic heterocycles. The van der Waals surface area contributed by atoms with E-state index in [1.807, 2.05) is 0 Å². The van der Waals surface area contributed by atoms with Crippen molar-refractivity contribution in [2.45, 2.75) is 24.7 Å². The molecule has 0 aliphatic carbocycles. The molecule has 3 heterocycles. The van der Waals surface area contributed by atoms with Gasteiger partial charge < -0.3 is 10.5 Å². The average molecular weight is 398 g/mol. The van der Waals surface area contributed by atoms with Crippen LogP contribution >= 0.6 is 0 Å². The summed E-state index contributed by atoms with van der Waals surface area (Å²) < 4.78 is 60.2. The zero-order valence-corrected chi connectivity index (χ0v) is 14.9. The van der Waals surface area contributed by atoms with Crippen molar-refractivity contribution in [2.75, 3.05) is 32.5 Å². The minimum absolute atomic E-state index is 0.0192. The van der Waals surface area contributed by atoms with Crippen molar-refractivity contribution in [2.24, 2.45) is 0 Å². The molecule has 0 spiro atoms. The second-order valence-corrected chi connectivity index (χ2v) is 6.87. The minimum Gasteiger partial charge on any atom is -0.494 e. The van der Waals surface area contributed by atoms with Crippen molar-refractivity contribution >= 4 is 22.5 Å². The van der Waals surface area contributed by atoms with E-state index in [4.69, 9.17) is 10.5 Å². The number of hydrogen-bond donors (Lipinski definition) is 1. The standard InChI is InChI=1S/C17H18F4N6O/c1-28-11-4-2-3-10-13(11)23-16(22)27-15(10)24-14(25-27)9-5-17(20,21)8-26(6-9)7-12(18)19/h2-4,9,12H,5-8H2,1H3,(H2,22,23)/t9-/m0/s1. The Hall–Kier alpha value is -2.69. The van der Waals surface area contributed by atoms with E-state index in [9.17, 15) is 17.6 Å². The predicted molar refractivity (Wildman–Crippen MR) is 94.0 cm³/mol. The van der Waals surface area contributed by atoms with Gasteiger partial charge in [-0.3, -0.25) is 4.90 Å². The fourth-order valence-electron chi connectivity index (χ4n) is 3.68. The molecule has 0 unspecified atom stereocenters. The van der Waals surface area contributed by atoms with Gasteiger partial charge in [-0.1, -0.05) is 6.07 Å². The Labute approximate surface area is 157 Å². The van der Waals surface area contributed by atoms with Gasteiger partial charge in [0.2, 0.25) is 5.95 Å². The van der Waals surface area contributed by atoms with Gasteiger partial charge in [-0.2, -0.15) is 4.52 Å². The van der Waals surface area contributed by atoms with Crippen LogP contribution in [0.4, 0.5) is 23.5 Å². The van der Waals surface area contributed by atoms with Crippen molar-refractivity contribution in [3.63, 3.8) is 0 Å². The third kappa shape index (κ3) is 3.30. The molecular formula is C17H18F4N6O. The topological polar surface area (TPSA) is 81.6 Å². The van der Waals surface area contributed by atoms with Gasteiger partial charge in [0.15, 0.2) is 11.5 Å². The smallest absolute Gasteiger partial charge is 0.261 e. The highest BCUT2D eigenvalue weighted by molar-refractivity contribution is 5.95. The Morgan fingerprint density at radius 3 is 2.82 bits per heavy atom. The van der Waals surface area contributed by atoms with Crippen LogP contribution in [0.1, 0.15) is 18.2 Å². The molecular weight excluding hydrogens is 380 g/mol. The second-order valence-electron chi connectivity index (χ2n) is 6.87. The second kappa shape index (κ2) is 6.73. The summed E-state index contributed by atoms with van der Waals surface area (Å²) in [6.07, 6.45) is -3.21. The Kier molecular flexibility index (Phi) is 4.48. The first-order chi connectivity index (χ1) is 13.3. The molecule has 2 N–H and O–H groups in total. The third-order valence-corrected chi connectivity index (χ3v) is 4.77. The predicted octanol–water partition coefficient (Wildman–Crippen LogP) is 2.56. The van der Waals surface area contributed by atoms with Crippen LogP contribution in [-0.4, -0.2) is 63.6 Å².